The standard InChI is InChI=1S/C28H35ClN4O6S/c1-18(2)39-27(35)17-40(37,38)21-7-5-19(6-8-21)24(16-34)30-28(36)26-15-22-23(29)13-20(14-25(22)32(26)4)33-11-9-31(3)10-12-33/h5-8,13-15,18,24,34H,9-12,16-17H2,1-4H3,(H,30,36)/t24-/m0/s1. The van der Waals surface area contributed by atoms with E-state index < -0.39 is 46.2 Å². The van der Waals surface area contributed by atoms with Crippen LogP contribution in [-0.4, -0.2) is 86.6 Å². The van der Waals surface area contributed by atoms with Gasteiger partial charge in [0.25, 0.3) is 5.91 Å². The van der Waals surface area contributed by atoms with Crippen molar-refractivity contribution in [1.29, 1.82) is 0 Å². The van der Waals surface area contributed by atoms with Crippen LogP contribution < -0.4 is 10.2 Å². The van der Waals surface area contributed by atoms with E-state index in [-0.39, 0.29) is 4.90 Å². The summed E-state index contributed by atoms with van der Waals surface area (Å²) < 4.78 is 31.9. The Bertz CT molecular complexity index is 1500. The zero-order valence-corrected chi connectivity index (χ0v) is 24.6. The summed E-state index contributed by atoms with van der Waals surface area (Å²) in [5.41, 5.74) is 2.69. The number of sulfone groups is 1. The van der Waals surface area contributed by atoms with Gasteiger partial charge >= 0.3 is 5.97 Å². The summed E-state index contributed by atoms with van der Waals surface area (Å²) in [5.74, 6) is -2.02. The van der Waals surface area contributed by atoms with Gasteiger partial charge in [-0.2, -0.15) is 0 Å². The van der Waals surface area contributed by atoms with E-state index in [1.165, 1.54) is 24.3 Å². The number of aryl methyl sites for hydroxylation is 1. The summed E-state index contributed by atoms with van der Waals surface area (Å²) in [5, 5.41) is 14.2. The maximum atomic E-state index is 13.3. The number of nitrogens with one attached hydrogen (secondary N) is 1. The SMILES string of the molecule is CC(C)OC(=O)CS(=O)(=O)c1ccc([C@H](CO)NC(=O)c2cc3c(Cl)cc(N4CCN(C)CC4)cc3n2C)cc1. The molecule has 216 valence electrons. The molecule has 0 bridgehead atoms. The van der Waals surface area contributed by atoms with Crippen LogP contribution >= 0.6 is 11.6 Å². The number of hydrogen-bond donors (Lipinski definition) is 2. The normalized spacial score (nSPS) is 15.4. The minimum atomic E-state index is -3.91. The van der Waals surface area contributed by atoms with E-state index in [2.05, 4.69) is 22.2 Å². The second-order valence-electron chi connectivity index (χ2n) is 10.3. The predicted octanol–water partition coefficient (Wildman–Crippen LogP) is 2.77. The van der Waals surface area contributed by atoms with Gasteiger partial charge in [0.2, 0.25) is 0 Å². The van der Waals surface area contributed by atoms with Gasteiger partial charge in [-0.15, -0.1) is 0 Å². The number of aromatic nitrogens is 1. The molecule has 0 unspecified atom stereocenters. The third-order valence-electron chi connectivity index (χ3n) is 7.00. The Morgan fingerprint density at radius 3 is 2.30 bits per heavy atom. The van der Waals surface area contributed by atoms with Gasteiger partial charge in [0.1, 0.15) is 5.69 Å². The summed E-state index contributed by atoms with van der Waals surface area (Å²) in [7, 11) is -0.0193. The Morgan fingerprint density at radius 2 is 1.70 bits per heavy atom. The van der Waals surface area contributed by atoms with E-state index in [4.69, 9.17) is 16.3 Å². The number of halogens is 1. The number of carbonyl (C=O) groups is 2. The molecule has 2 N–H and O–H groups in total. The molecule has 40 heavy (non-hydrogen) atoms. The minimum absolute atomic E-state index is 0.0561. The van der Waals surface area contributed by atoms with Crippen LogP contribution in [-0.2, 0) is 26.4 Å². The molecule has 0 spiro atoms. The molecule has 1 aromatic heterocycles. The molecule has 12 heteroatoms. The first-order valence-corrected chi connectivity index (χ1v) is 15.1. The molecule has 0 aliphatic carbocycles. The molecule has 10 nitrogen and oxygen atoms in total. The lowest BCUT2D eigenvalue weighted by atomic mass is 10.1. The van der Waals surface area contributed by atoms with Crippen LogP contribution in [0.15, 0.2) is 47.4 Å². The van der Waals surface area contributed by atoms with Crippen LogP contribution in [0.4, 0.5) is 5.69 Å². The van der Waals surface area contributed by atoms with Crippen molar-refractivity contribution in [3.63, 3.8) is 0 Å². The zero-order chi connectivity index (χ0) is 29.2. The number of hydrogen-bond acceptors (Lipinski definition) is 8. The molecule has 2 aromatic carbocycles. The average molecular weight is 591 g/mol. The fourth-order valence-corrected chi connectivity index (χ4v) is 6.11. The van der Waals surface area contributed by atoms with Crippen LogP contribution in [0, 0.1) is 0 Å². The molecule has 1 aliphatic heterocycles. The Hall–Kier alpha value is -3.12. The number of fused-ring (bicyclic) bond motifs is 1. The lowest BCUT2D eigenvalue weighted by Crippen LogP contribution is -2.44. The lowest BCUT2D eigenvalue weighted by Gasteiger charge is -2.34. The molecule has 3 aromatic rings. The summed E-state index contributed by atoms with van der Waals surface area (Å²) in [4.78, 5) is 29.6. The maximum absolute atomic E-state index is 13.3. The first kappa shape index (κ1) is 29.9. The van der Waals surface area contributed by atoms with Gasteiger partial charge < -0.3 is 29.5 Å². The topological polar surface area (TPSA) is 121 Å². The molecule has 1 fully saturated rings. The highest BCUT2D eigenvalue weighted by molar-refractivity contribution is 7.92. The van der Waals surface area contributed by atoms with Crippen LogP contribution in [0.2, 0.25) is 5.02 Å². The molecule has 4 rings (SSSR count). The number of carbonyl (C=O) groups excluding carboxylic acids is 2. The quantitative estimate of drug-likeness (QED) is 0.365. The zero-order valence-electron chi connectivity index (χ0n) is 23.1. The molecule has 0 saturated carbocycles. The highest BCUT2D eigenvalue weighted by atomic mass is 35.5. The number of likely N-dealkylation sites (N-methyl/N-ethyl adjacent to an activating group) is 1. The summed E-state index contributed by atoms with van der Waals surface area (Å²) in [6, 6.07) is 10.6. The van der Waals surface area contributed by atoms with Crippen molar-refractivity contribution >= 4 is 49.9 Å². The number of aliphatic hydroxyl groups excluding tert-OH is 1. The summed E-state index contributed by atoms with van der Waals surface area (Å²) >= 11 is 6.64. The van der Waals surface area contributed by atoms with Crippen LogP contribution in [0.3, 0.4) is 0 Å². The Kier molecular flexibility index (Phi) is 9.09. The summed E-state index contributed by atoms with van der Waals surface area (Å²) in [6.45, 7) is 6.55. The number of nitrogens with zero attached hydrogens (tertiary/aromatic N) is 3. The molecule has 0 radical (unpaired) electrons. The van der Waals surface area contributed by atoms with Crippen molar-refractivity contribution < 1.29 is 27.9 Å². The van der Waals surface area contributed by atoms with Gasteiger partial charge in [-0.05, 0) is 56.8 Å². The molecule has 1 atom stereocenters. The van der Waals surface area contributed by atoms with Crippen molar-refractivity contribution in [2.45, 2.75) is 30.9 Å². The lowest BCUT2D eigenvalue weighted by molar-refractivity contribution is -0.144. The number of ether oxygens (including phenoxy) is 1. The van der Waals surface area contributed by atoms with Crippen molar-refractivity contribution in [3.8, 4) is 0 Å². The Balaban J connectivity index is 1.51. The molecule has 2 heterocycles. The van der Waals surface area contributed by atoms with E-state index in [0.29, 0.717) is 16.3 Å². The number of aliphatic hydroxyl groups is 1. The van der Waals surface area contributed by atoms with E-state index in [0.717, 1.165) is 42.8 Å². The largest absolute Gasteiger partial charge is 0.462 e. The summed E-state index contributed by atoms with van der Waals surface area (Å²) in [6.07, 6.45) is -0.421. The number of piperazine rings is 1. The minimum Gasteiger partial charge on any atom is -0.462 e. The van der Waals surface area contributed by atoms with Gasteiger partial charge in [-0.25, -0.2) is 8.42 Å². The van der Waals surface area contributed by atoms with Gasteiger partial charge in [-0.3, -0.25) is 9.59 Å². The second-order valence-corrected chi connectivity index (χ2v) is 12.7. The molecule has 1 amide bonds. The monoisotopic (exact) mass is 590 g/mol. The Morgan fingerprint density at radius 1 is 1.05 bits per heavy atom. The number of benzene rings is 2. The highest BCUT2D eigenvalue weighted by Crippen LogP contribution is 2.32. The highest BCUT2D eigenvalue weighted by Gasteiger charge is 2.24. The van der Waals surface area contributed by atoms with Crippen molar-refractivity contribution in [1.82, 2.24) is 14.8 Å². The fraction of sp³-hybridized carbons (Fsp3) is 0.429. The average Bonchev–Trinajstić information content (AvgIpc) is 3.24. The molecule has 1 aliphatic rings. The number of amides is 1. The van der Waals surface area contributed by atoms with Crippen molar-refractivity contribution in [2.24, 2.45) is 7.05 Å². The maximum Gasteiger partial charge on any atom is 0.321 e. The third-order valence-corrected chi connectivity index (χ3v) is 8.92. The number of anilines is 1. The predicted molar refractivity (Wildman–Crippen MR) is 155 cm³/mol. The first-order valence-electron chi connectivity index (χ1n) is 13.1. The molecular formula is C28H35ClN4O6S. The van der Waals surface area contributed by atoms with Crippen LogP contribution in [0.1, 0.15) is 35.9 Å². The van der Waals surface area contributed by atoms with Gasteiger partial charge in [0.15, 0.2) is 15.6 Å². The van der Waals surface area contributed by atoms with E-state index in [1.54, 1.807) is 31.5 Å². The third kappa shape index (κ3) is 6.60. The van der Waals surface area contributed by atoms with Gasteiger partial charge in [0.05, 0.1) is 34.2 Å². The Labute approximate surface area is 239 Å². The molecule has 1 saturated heterocycles. The van der Waals surface area contributed by atoms with E-state index in [1.807, 2.05) is 12.1 Å². The van der Waals surface area contributed by atoms with Gasteiger partial charge in [0, 0.05) is 44.3 Å². The number of esters is 1. The van der Waals surface area contributed by atoms with Crippen LogP contribution in [0.5, 0.6) is 0 Å². The fourth-order valence-electron chi connectivity index (χ4n) is 4.75. The first-order chi connectivity index (χ1) is 18.9. The van der Waals surface area contributed by atoms with Crippen LogP contribution in [0.25, 0.3) is 10.9 Å². The van der Waals surface area contributed by atoms with E-state index in [9.17, 15) is 23.1 Å². The number of rotatable bonds is 9. The van der Waals surface area contributed by atoms with Crippen molar-refractivity contribution in [2.75, 3.05) is 50.5 Å². The van der Waals surface area contributed by atoms with Crippen molar-refractivity contribution in [3.05, 3.63) is 58.7 Å². The van der Waals surface area contributed by atoms with Gasteiger partial charge in [-0.1, -0.05) is 23.7 Å². The smallest absolute Gasteiger partial charge is 0.321 e. The second kappa shape index (κ2) is 12.2. The van der Waals surface area contributed by atoms with E-state index >= 15 is 0 Å². The molecular weight excluding hydrogens is 556 g/mol.